The average Bonchev–Trinajstić information content (AvgIpc) is 2.19. The molecule has 0 aliphatic rings. The van der Waals surface area contributed by atoms with Gasteiger partial charge in [-0.15, -0.1) is 0 Å². The molecule has 0 heterocycles. The summed E-state index contributed by atoms with van der Waals surface area (Å²) in [5.41, 5.74) is 6.63. The largest absolute Gasteiger partial charge is 0.504 e. The molecule has 0 saturated carbocycles. The van der Waals surface area contributed by atoms with Crippen LogP contribution in [0.25, 0.3) is 0 Å². The fraction of sp³-hybridized carbons (Fsp3) is 0.455. The van der Waals surface area contributed by atoms with Crippen LogP contribution in [-0.4, -0.2) is 16.8 Å². The van der Waals surface area contributed by atoms with E-state index in [4.69, 9.17) is 10.8 Å². The molecule has 14 heavy (non-hydrogen) atoms. The second-order valence-corrected chi connectivity index (χ2v) is 3.47. The third kappa shape index (κ3) is 2.39. The maximum Gasteiger partial charge on any atom is 0.157 e. The maximum atomic E-state index is 9.32. The molecule has 4 N–H and O–H groups in total. The number of phenols is 2. The van der Waals surface area contributed by atoms with Crippen molar-refractivity contribution < 1.29 is 10.2 Å². The number of benzene rings is 1. The number of rotatable bonds is 4. The molecule has 1 atom stereocenters. The Bertz CT molecular complexity index is 299. The number of phenolic OH excluding ortho intramolecular Hbond substituents is 2. The minimum Gasteiger partial charge on any atom is -0.504 e. The number of hydrogen-bond donors (Lipinski definition) is 3. The molecule has 0 fully saturated rings. The van der Waals surface area contributed by atoms with Gasteiger partial charge in [0.1, 0.15) is 0 Å². The fourth-order valence-corrected chi connectivity index (χ4v) is 1.56. The molecule has 78 valence electrons. The Labute approximate surface area is 84.2 Å². The molecule has 0 aliphatic heterocycles. The molecule has 0 amide bonds. The highest BCUT2D eigenvalue weighted by molar-refractivity contribution is 5.41. The van der Waals surface area contributed by atoms with Crippen molar-refractivity contribution in [2.75, 3.05) is 6.54 Å². The minimum atomic E-state index is -0.0824. The van der Waals surface area contributed by atoms with Gasteiger partial charge in [0.15, 0.2) is 11.5 Å². The summed E-state index contributed by atoms with van der Waals surface area (Å²) in [5, 5.41) is 18.5. The van der Waals surface area contributed by atoms with E-state index in [0.29, 0.717) is 6.54 Å². The van der Waals surface area contributed by atoms with Gasteiger partial charge < -0.3 is 15.9 Å². The van der Waals surface area contributed by atoms with Gasteiger partial charge in [0, 0.05) is 0 Å². The molecule has 0 saturated heterocycles. The zero-order valence-corrected chi connectivity index (χ0v) is 8.40. The van der Waals surface area contributed by atoms with Gasteiger partial charge in [-0.25, -0.2) is 0 Å². The molecule has 1 unspecified atom stereocenters. The van der Waals surface area contributed by atoms with Crippen molar-refractivity contribution in [1.82, 2.24) is 0 Å². The summed E-state index contributed by atoms with van der Waals surface area (Å²) in [7, 11) is 0. The predicted molar refractivity (Wildman–Crippen MR) is 56.5 cm³/mol. The molecule has 3 nitrogen and oxygen atoms in total. The van der Waals surface area contributed by atoms with E-state index < -0.39 is 0 Å². The summed E-state index contributed by atoms with van der Waals surface area (Å²) >= 11 is 0. The number of nitrogens with two attached hydrogens (primary N) is 1. The lowest BCUT2D eigenvalue weighted by molar-refractivity contribution is 0.402. The Balaban J connectivity index is 2.88. The SMILES string of the molecule is CCCC(CN)c1ccc(O)c(O)c1. The second kappa shape index (κ2) is 4.86. The van der Waals surface area contributed by atoms with E-state index in [2.05, 4.69) is 6.92 Å². The van der Waals surface area contributed by atoms with Crippen molar-refractivity contribution in [3.63, 3.8) is 0 Å². The standard InChI is InChI=1S/C11H17NO2/c1-2-3-9(7-12)8-4-5-10(13)11(14)6-8/h4-6,9,13-14H,2-3,7,12H2,1H3. The van der Waals surface area contributed by atoms with Crippen molar-refractivity contribution in [3.05, 3.63) is 23.8 Å². The van der Waals surface area contributed by atoms with Crippen LogP contribution in [0.2, 0.25) is 0 Å². The summed E-state index contributed by atoms with van der Waals surface area (Å²) < 4.78 is 0. The normalized spacial score (nSPS) is 12.7. The van der Waals surface area contributed by atoms with Crippen LogP contribution in [0.3, 0.4) is 0 Å². The highest BCUT2D eigenvalue weighted by Gasteiger charge is 2.10. The van der Waals surface area contributed by atoms with Crippen LogP contribution in [0.5, 0.6) is 11.5 Å². The van der Waals surface area contributed by atoms with Gasteiger partial charge in [-0.2, -0.15) is 0 Å². The zero-order chi connectivity index (χ0) is 10.6. The molecule has 0 aromatic heterocycles. The molecule has 0 radical (unpaired) electrons. The molecule has 1 aromatic rings. The maximum absolute atomic E-state index is 9.32. The molecule has 3 heteroatoms. The first-order valence-electron chi connectivity index (χ1n) is 4.91. The third-order valence-corrected chi connectivity index (χ3v) is 2.39. The summed E-state index contributed by atoms with van der Waals surface area (Å²) in [6.07, 6.45) is 2.06. The minimum absolute atomic E-state index is 0.0722. The molecule has 1 aromatic carbocycles. The van der Waals surface area contributed by atoms with E-state index >= 15 is 0 Å². The van der Waals surface area contributed by atoms with Gasteiger partial charge in [0.25, 0.3) is 0 Å². The summed E-state index contributed by atoms with van der Waals surface area (Å²) in [4.78, 5) is 0. The first-order chi connectivity index (χ1) is 6.69. The van der Waals surface area contributed by atoms with E-state index in [1.54, 1.807) is 6.07 Å². The van der Waals surface area contributed by atoms with Crippen LogP contribution < -0.4 is 5.73 Å². The van der Waals surface area contributed by atoms with Gasteiger partial charge >= 0.3 is 0 Å². The average molecular weight is 195 g/mol. The lowest BCUT2D eigenvalue weighted by Gasteiger charge is -2.14. The smallest absolute Gasteiger partial charge is 0.157 e. The Morgan fingerprint density at radius 1 is 1.29 bits per heavy atom. The number of hydrogen-bond acceptors (Lipinski definition) is 3. The van der Waals surface area contributed by atoms with Crippen LogP contribution in [0.1, 0.15) is 31.2 Å². The highest BCUT2D eigenvalue weighted by Crippen LogP contribution is 2.29. The molecular formula is C11H17NO2. The quantitative estimate of drug-likeness (QED) is 0.643. The van der Waals surface area contributed by atoms with E-state index in [1.807, 2.05) is 6.07 Å². The van der Waals surface area contributed by atoms with E-state index in [0.717, 1.165) is 18.4 Å². The zero-order valence-electron chi connectivity index (χ0n) is 8.40. The van der Waals surface area contributed by atoms with Crippen molar-refractivity contribution in [3.8, 4) is 11.5 Å². The van der Waals surface area contributed by atoms with Crippen molar-refractivity contribution >= 4 is 0 Å². The first-order valence-corrected chi connectivity index (χ1v) is 4.91. The number of aromatic hydroxyl groups is 2. The Morgan fingerprint density at radius 3 is 2.50 bits per heavy atom. The van der Waals surface area contributed by atoms with Crippen molar-refractivity contribution in [2.45, 2.75) is 25.7 Å². The Kier molecular flexibility index (Phi) is 3.77. The van der Waals surface area contributed by atoms with Crippen molar-refractivity contribution in [2.24, 2.45) is 5.73 Å². The fourth-order valence-electron chi connectivity index (χ4n) is 1.56. The molecule has 1 rings (SSSR count). The summed E-state index contributed by atoms with van der Waals surface area (Å²) in [6, 6.07) is 4.90. The van der Waals surface area contributed by atoms with Crippen LogP contribution in [0.15, 0.2) is 18.2 Å². The van der Waals surface area contributed by atoms with Gasteiger partial charge in [-0.1, -0.05) is 19.4 Å². The Morgan fingerprint density at radius 2 is 2.00 bits per heavy atom. The van der Waals surface area contributed by atoms with Crippen LogP contribution in [0, 0.1) is 0 Å². The first kappa shape index (κ1) is 10.9. The van der Waals surface area contributed by atoms with E-state index in [-0.39, 0.29) is 17.4 Å². The van der Waals surface area contributed by atoms with Gasteiger partial charge in [-0.05, 0) is 36.6 Å². The molecule has 0 bridgehead atoms. The van der Waals surface area contributed by atoms with Crippen molar-refractivity contribution in [1.29, 1.82) is 0 Å². The van der Waals surface area contributed by atoms with Gasteiger partial charge in [0.05, 0.1) is 0 Å². The monoisotopic (exact) mass is 195 g/mol. The summed E-state index contributed by atoms with van der Waals surface area (Å²) in [5.74, 6) is 0.115. The molecule has 0 aliphatic carbocycles. The predicted octanol–water partition coefficient (Wildman–Crippen LogP) is 1.94. The van der Waals surface area contributed by atoms with Crippen LogP contribution >= 0.6 is 0 Å². The Hall–Kier alpha value is -1.22. The van der Waals surface area contributed by atoms with E-state index in [9.17, 15) is 5.11 Å². The lowest BCUT2D eigenvalue weighted by atomic mass is 9.94. The topological polar surface area (TPSA) is 66.5 Å². The van der Waals surface area contributed by atoms with Crippen LogP contribution in [0.4, 0.5) is 0 Å². The molecular weight excluding hydrogens is 178 g/mol. The summed E-state index contributed by atoms with van der Waals surface area (Å²) in [6.45, 7) is 2.67. The highest BCUT2D eigenvalue weighted by atomic mass is 16.3. The van der Waals surface area contributed by atoms with Gasteiger partial charge in [0.2, 0.25) is 0 Å². The molecule has 0 spiro atoms. The van der Waals surface area contributed by atoms with Crippen LogP contribution in [-0.2, 0) is 0 Å². The third-order valence-electron chi connectivity index (χ3n) is 2.39. The lowest BCUT2D eigenvalue weighted by Crippen LogP contribution is -2.12. The second-order valence-electron chi connectivity index (χ2n) is 3.47. The van der Waals surface area contributed by atoms with E-state index in [1.165, 1.54) is 6.07 Å². The van der Waals surface area contributed by atoms with Gasteiger partial charge in [-0.3, -0.25) is 0 Å².